The van der Waals surface area contributed by atoms with Gasteiger partial charge in [-0.2, -0.15) is 0 Å². The van der Waals surface area contributed by atoms with E-state index < -0.39 is 0 Å². The van der Waals surface area contributed by atoms with Gasteiger partial charge in [0.2, 0.25) is 5.88 Å². The molecule has 0 atom stereocenters. The maximum Gasteiger partial charge on any atom is 0.213 e. The molecule has 3 nitrogen and oxygen atoms in total. The minimum atomic E-state index is 0.611. The molecule has 1 heterocycles. The molecule has 1 aromatic carbocycles. The lowest BCUT2D eigenvalue weighted by Gasteiger charge is -2.08. The van der Waals surface area contributed by atoms with Crippen LogP contribution in [0.1, 0.15) is 23.2 Å². The molecular weight excluding hydrogens is 236 g/mol. The number of hydrogen-bond donors (Lipinski definition) is 1. The Hall–Kier alpha value is -2.03. The summed E-state index contributed by atoms with van der Waals surface area (Å²) in [7, 11) is 0. The minimum absolute atomic E-state index is 0.611. The van der Waals surface area contributed by atoms with Gasteiger partial charge in [-0.05, 0) is 36.5 Å². The van der Waals surface area contributed by atoms with Crippen LogP contribution in [-0.2, 0) is 19.3 Å². The zero-order chi connectivity index (χ0) is 13.1. The first-order valence-corrected chi connectivity index (χ1v) is 6.78. The van der Waals surface area contributed by atoms with Gasteiger partial charge in [-0.15, -0.1) is 0 Å². The third-order valence-corrected chi connectivity index (χ3v) is 3.58. The lowest BCUT2D eigenvalue weighted by atomic mass is 10.1. The summed E-state index contributed by atoms with van der Waals surface area (Å²) >= 11 is 0. The van der Waals surface area contributed by atoms with E-state index in [0.29, 0.717) is 6.61 Å². The smallest absolute Gasteiger partial charge is 0.213 e. The number of aryl methyl sites for hydroxylation is 2. The van der Waals surface area contributed by atoms with E-state index in [4.69, 9.17) is 10.5 Å². The standard InChI is InChI=1S/C16H18N2O/c17-14-6-2-1-4-12(14)10-11-19-16-9-8-13-5-3-7-15(13)18-16/h1-2,4,6,8-9H,3,5,7,10-11,17H2. The molecular formula is C16H18N2O. The van der Waals surface area contributed by atoms with Gasteiger partial charge in [-0.25, -0.2) is 4.98 Å². The second-order valence-electron chi connectivity index (χ2n) is 4.91. The molecule has 0 saturated heterocycles. The first-order chi connectivity index (χ1) is 9.33. The molecule has 0 radical (unpaired) electrons. The van der Waals surface area contributed by atoms with Crippen molar-refractivity contribution in [1.82, 2.24) is 4.98 Å². The molecule has 3 rings (SSSR count). The molecule has 1 aromatic heterocycles. The number of fused-ring (bicyclic) bond motifs is 1. The molecule has 0 spiro atoms. The van der Waals surface area contributed by atoms with Crippen molar-refractivity contribution in [2.45, 2.75) is 25.7 Å². The van der Waals surface area contributed by atoms with Gasteiger partial charge in [0.25, 0.3) is 0 Å². The van der Waals surface area contributed by atoms with Crippen LogP contribution < -0.4 is 10.5 Å². The molecule has 1 aliphatic rings. The molecule has 3 heteroatoms. The van der Waals surface area contributed by atoms with Gasteiger partial charge >= 0.3 is 0 Å². The van der Waals surface area contributed by atoms with E-state index in [1.807, 2.05) is 30.3 Å². The summed E-state index contributed by atoms with van der Waals surface area (Å²) in [5.41, 5.74) is 10.4. The fourth-order valence-electron chi connectivity index (χ4n) is 2.51. The topological polar surface area (TPSA) is 48.1 Å². The van der Waals surface area contributed by atoms with Crippen LogP contribution in [-0.4, -0.2) is 11.6 Å². The Labute approximate surface area is 113 Å². The van der Waals surface area contributed by atoms with Crippen molar-refractivity contribution in [2.24, 2.45) is 0 Å². The Kier molecular flexibility index (Phi) is 3.36. The number of anilines is 1. The van der Waals surface area contributed by atoms with Crippen LogP contribution in [0.15, 0.2) is 36.4 Å². The Morgan fingerprint density at radius 3 is 2.89 bits per heavy atom. The summed E-state index contributed by atoms with van der Waals surface area (Å²) in [6.07, 6.45) is 4.26. The average molecular weight is 254 g/mol. The molecule has 0 amide bonds. The number of aromatic nitrogens is 1. The van der Waals surface area contributed by atoms with E-state index >= 15 is 0 Å². The summed E-state index contributed by atoms with van der Waals surface area (Å²) in [5, 5.41) is 0. The Balaban J connectivity index is 1.59. The largest absolute Gasteiger partial charge is 0.477 e. The molecule has 1 aliphatic carbocycles. The number of para-hydroxylation sites is 1. The lowest BCUT2D eigenvalue weighted by molar-refractivity contribution is 0.309. The van der Waals surface area contributed by atoms with E-state index in [0.717, 1.165) is 36.4 Å². The van der Waals surface area contributed by atoms with Crippen molar-refractivity contribution in [2.75, 3.05) is 12.3 Å². The van der Waals surface area contributed by atoms with E-state index in [1.54, 1.807) is 0 Å². The van der Waals surface area contributed by atoms with E-state index in [9.17, 15) is 0 Å². The van der Waals surface area contributed by atoms with Crippen LogP contribution >= 0.6 is 0 Å². The van der Waals surface area contributed by atoms with Crippen LogP contribution in [0.3, 0.4) is 0 Å². The maximum absolute atomic E-state index is 5.90. The second kappa shape index (κ2) is 5.31. The molecule has 0 bridgehead atoms. The zero-order valence-corrected chi connectivity index (χ0v) is 10.9. The van der Waals surface area contributed by atoms with Crippen molar-refractivity contribution in [3.63, 3.8) is 0 Å². The number of hydrogen-bond acceptors (Lipinski definition) is 3. The molecule has 0 unspecified atom stereocenters. The number of nitrogens with zero attached hydrogens (tertiary/aromatic N) is 1. The summed E-state index contributed by atoms with van der Waals surface area (Å²) in [5.74, 6) is 0.732. The Bertz CT molecular complexity index is 581. The maximum atomic E-state index is 5.90. The van der Waals surface area contributed by atoms with Crippen LogP contribution in [0.5, 0.6) is 5.88 Å². The number of nitrogens with two attached hydrogens (primary N) is 1. The zero-order valence-electron chi connectivity index (χ0n) is 10.9. The SMILES string of the molecule is Nc1ccccc1CCOc1ccc2c(n1)CCC2. The predicted molar refractivity (Wildman–Crippen MR) is 76.3 cm³/mol. The normalized spacial score (nSPS) is 13.3. The Morgan fingerprint density at radius 1 is 1.11 bits per heavy atom. The van der Waals surface area contributed by atoms with Crippen LogP contribution in [0.2, 0.25) is 0 Å². The Morgan fingerprint density at radius 2 is 2.00 bits per heavy atom. The van der Waals surface area contributed by atoms with Crippen LogP contribution in [0.25, 0.3) is 0 Å². The third-order valence-electron chi connectivity index (χ3n) is 3.58. The molecule has 0 saturated carbocycles. The average Bonchev–Trinajstić information content (AvgIpc) is 2.88. The monoisotopic (exact) mass is 254 g/mol. The summed E-state index contributed by atoms with van der Waals surface area (Å²) in [4.78, 5) is 4.55. The summed E-state index contributed by atoms with van der Waals surface area (Å²) in [6.45, 7) is 0.611. The third kappa shape index (κ3) is 2.70. The molecule has 19 heavy (non-hydrogen) atoms. The number of ether oxygens (including phenoxy) is 1. The van der Waals surface area contributed by atoms with Crippen LogP contribution in [0, 0.1) is 0 Å². The van der Waals surface area contributed by atoms with Gasteiger partial charge in [0, 0.05) is 23.9 Å². The van der Waals surface area contributed by atoms with Crippen molar-refractivity contribution in [1.29, 1.82) is 0 Å². The van der Waals surface area contributed by atoms with Gasteiger partial charge in [0.05, 0.1) is 6.61 Å². The van der Waals surface area contributed by atoms with Crippen molar-refractivity contribution in [3.8, 4) is 5.88 Å². The number of rotatable bonds is 4. The number of pyridine rings is 1. The highest BCUT2D eigenvalue weighted by molar-refractivity contribution is 5.46. The van der Waals surface area contributed by atoms with Gasteiger partial charge in [0.15, 0.2) is 0 Å². The number of nitrogen functional groups attached to an aromatic ring is 1. The molecule has 0 aliphatic heterocycles. The molecule has 2 N–H and O–H groups in total. The highest BCUT2D eigenvalue weighted by Crippen LogP contribution is 2.22. The summed E-state index contributed by atoms with van der Waals surface area (Å²) < 4.78 is 5.72. The van der Waals surface area contributed by atoms with Crippen molar-refractivity contribution < 1.29 is 4.74 Å². The second-order valence-corrected chi connectivity index (χ2v) is 4.91. The summed E-state index contributed by atoms with van der Waals surface area (Å²) in [6, 6.07) is 12.0. The van der Waals surface area contributed by atoms with Crippen LogP contribution in [0.4, 0.5) is 5.69 Å². The van der Waals surface area contributed by atoms with Gasteiger partial charge in [-0.3, -0.25) is 0 Å². The molecule has 2 aromatic rings. The van der Waals surface area contributed by atoms with Gasteiger partial charge in [-0.1, -0.05) is 24.3 Å². The minimum Gasteiger partial charge on any atom is -0.477 e. The number of benzene rings is 1. The van der Waals surface area contributed by atoms with Gasteiger partial charge < -0.3 is 10.5 Å². The molecule has 0 fully saturated rings. The van der Waals surface area contributed by atoms with Gasteiger partial charge in [0.1, 0.15) is 0 Å². The fraction of sp³-hybridized carbons (Fsp3) is 0.312. The van der Waals surface area contributed by atoms with Crippen molar-refractivity contribution in [3.05, 3.63) is 53.2 Å². The lowest BCUT2D eigenvalue weighted by Crippen LogP contribution is -2.05. The van der Waals surface area contributed by atoms with E-state index in [-0.39, 0.29) is 0 Å². The highest BCUT2D eigenvalue weighted by atomic mass is 16.5. The predicted octanol–water partition coefficient (Wildman–Crippen LogP) is 2.77. The molecule has 98 valence electrons. The fourth-order valence-corrected chi connectivity index (χ4v) is 2.51. The highest BCUT2D eigenvalue weighted by Gasteiger charge is 2.12. The van der Waals surface area contributed by atoms with E-state index in [1.165, 1.54) is 17.7 Å². The van der Waals surface area contributed by atoms with Crippen molar-refractivity contribution >= 4 is 5.69 Å². The quantitative estimate of drug-likeness (QED) is 0.853. The first-order valence-electron chi connectivity index (χ1n) is 6.78. The van der Waals surface area contributed by atoms with E-state index in [2.05, 4.69) is 11.1 Å². The first kappa shape index (κ1) is 12.0.